The Labute approximate surface area is 200 Å². The fourth-order valence-corrected chi connectivity index (χ4v) is 3.99. The maximum absolute atomic E-state index is 13.7. The Morgan fingerprint density at radius 1 is 1.24 bits per heavy atom. The predicted molar refractivity (Wildman–Crippen MR) is 128 cm³/mol. The average Bonchev–Trinajstić information content (AvgIpc) is 3.23. The summed E-state index contributed by atoms with van der Waals surface area (Å²) in [6.07, 6.45) is 1.57. The van der Waals surface area contributed by atoms with Crippen molar-refractivity contribution >= 4 is 23.5 Å². The maximum Gasteiger partial charge on any atom is 0.358 e. The van der Waals surface area contributed by atoms with Crippen molar-refractivity contribution in [2.45, 2.75) is 65.6 Å². The Hall–Kier alpha value is -3.20. The van der Waals surface area contributed by atoms with E-state index in [1.54, 1.807) is 13.8 Å². The minimum atomic E-state index is -1.26. The molecule has 1 aliphatic heterocycles. The molecule has 1 N–H and O–H groups in total. The highest BCUT2D eigenvalue weighted by atomic mass is 16.5. The molecule has 0 bridgehead atoms. The molecule has 184 valence electrons. The molecule has 1 aliphatic rings. The third-order valence-electron chi connectivity index (χ3n) is 5.76. The van der Waals surface area contributed by atoms with Gasteiger partial charge in [0.15, 0.2) is 5.69 Å². The van der Waals surface area contributed by atoms with Crippen LogP contribution in [0.4, 0.5) is 5.69 Å². The summed E-state index contributed by atoms with van der Waals surface area (Å²) in [7, 11) is 0. The zero-order chi connectivity index (χ0) is 24.9. The van der Waals surface area contributed by atoms with Crippen molar-refractivity contribution in [2.75, 3.05) is 24.7 Å². The molecule has 2 amide bonds. The minimum Gasteiger partial charge on any atom is -0.461 e. The summed E-state index contributed by atoms with van der Waals surface area (Å²) in [4.78, 5) is 40.9. The van der Waals surface area contributed by atoms with Gasteiger partial charge in [0.2, 0.25) is 5.91 Å². The number of rotatable bonds is 10. The number of carbonyl (C=O) groups excluding carboxylic acids is 3. The number of anilines is 1. The molecule has 1 aromatic heterocycles. The van der Waals surface area contributed by atoms with Crippen molar-refractivity contribution in [1.82, 2.24) is 15.1 Å². The summed E-state index contributed by atoms with van der Waals surface area (Å²) in [5, 5.41) is 7.23. The van der Waals surface area contributed by atoms with Crippen molar-refractivity contribution in [2.24, 2.45) is 0 Å². The number of fused-ring (bicyclic) bond motifs is 1. The number of hydrogen-bond donors (Lipinski definition) is 1. The molecule has 0 saturated carbocycles. The molecule has 0 spiro atoms. The number of esters is 1. The second-order valence-electron chi connectivity index (χ2n) is 8.76. The summed E-state index contributed by atoms with van der Waals surface area (Å²) < 4.78 is 12.0. The smallest absolute Gasteiger partial charge is 0.358 e. The first-order valence-corrected chi connectivity index (χ1v) is 11.8. The first kappa shape index (κ1) is 25.4. The number of aromatic nitrogens is 2. The highest BCUT2D eigenvalue weighted by Crippen LogP contribution is 2.33. The van der Waals surface area contributed by atoms with Crippen LogP contribution < -0.4 is 10.2 Å². The van der Waals surface area contributed by atoms with Gasteiger partial charge in [0, 0.05) is 24.9 Å². The van der Waals surface area contributed by atoms with Gasteiger partial charge in [0.25, 0.3) is 5.91 Å². The molecule has 0 radical (unpaired) electrons. The molecule has 3 rings (SSSR count). The molecule has 9 nitrogen and oxygen atoms in total. The zero-order valence-corrected chi connectivity index (χ0v) is 20.6. The summed E-state index contributed by atoms with van der Waals surface area (Å²) in [5.74, 6) is -1.30. The van der Waals surface area contributed by atoms with Crippen LogP contribution >= 0.6 is 0 Å². The third-order valence-corrected chi connectivity index (χ3v) is 5.76. The van der Waals surface area contributed by atoms with E-state index in [-0.39, 0.29) is 36.6 Å². The molecule has 1 aromatic carbocycles. The Balaban J connectivity index is 1.95. The van der Waals surface area contributed by atoms with Gasteiger partial charge in [-0.1, -0.05) is 19.1 Å². The second-order valence-corrected chi connectivity index (χ2v) is 8.76. The van der Waals surface area contributed by atoms with E-state index in [9.17, 15) is 14.4 Å². The van der Waals surface area contributed by atoms with Crippen molar-refractivity contribution < 1.29 is 23.9 Å². The van der Waals surface area contributed by atoms with Crippen molar-refractivity contribution in [1.29, 1.82) is 0 Å². The fourth-order valence-electron chi connectivity index (χ4n) is 3.99. The van der Waals surface area contributed by atoms with Gasteiger partial charge in [-0.15, -0.1) is 0 Å². The molecule has 34 heavy (non-hydrogen) atoms. The van der Waals surface area contributed by atoms with E-state index in [1.165, 1.54) is 15.6 Å². The van der Waals surface area contributed by atoms with E-state index in [4.69, 9.17) is 9.47 Å². The molecule has 0 unspecified atom stereocenters. The molecular formula is C25H34N4O5. The van der Waals surface area contributed by atoms with Gasteiger partial charge in [0.05, 0.1) is 19.3 Å². The standard InChI is InChI=1S/C25H34N4O5/c1-6-18-10-8-11-19(14-18)29-22(30)21-15-20(23(31)33-7-2)27-28(21)16-25(29,5)24(32)26-12-9-13-34-17(3)4/h8,10-11,14-15,17H,6-7,9,12-13,16H2,1-5H3,(H,26,32)/t25-/m1/s1. The van der Waals surface area contributed by atoms with Gasteiger partial charge in [-0.2, -0.15) is 5.10 Å². The number of hydrogen-bond acceptors (Lipinski definition) is 6. The van der Waals surface area contributed by atoms with Gasteiger partial charge in [-0.05, 0) is 58.2 Å². The van der Waals surface area contributed by atoms with Crippen LogP contribution in [0.1, 0.15) is 67.6 Å². The van der Waals surface area contributed by atoms with E-state index in [0.717, 1.165) is 12.0 Å². The molecule has 9 heteroatoms. The van der Waals surface area contributed by atoms with Gasteiger partial charge in [-0.25, -0.2) is 4.79 Å². The van der Waals surface area contributed by atoms with Gasteiger partial charge < -0.3 is 14.8 Å². The summed E-state index contributed by atoms with van der Waals surface area (Å²) in [5.41, 5.74) is 0.691. The predicted octanol–water partition coefficient (Wildman–Crippen LogP) is 2.97. The number of ether oxygens (including phenoxy) is 2. The SMILES string of the molecule is CCOC(=O)c1cc2n(n1)C[C@](C)(C(=O)NCCCOC(C)C)N(c1cccc(CC)c1)C2=O. The van der Waals surface area contributed by atoms with Crippen LogP contribution in [0.15, 0.2) is 30.3 Å². The second kappa shape index (κ2) is 10.8. The highest BCUT2D eigenvalue weighted by Gasteiger charge is 2.49. The number of nitrogens with one attached hydrogen (secondary N) is 1. The molecular weight excluding hydrogens is 436 g/mol. The molecule has 2 aromatic rings. The largest absolute Gasteiger partial charge is 0.461 e. The van der Waals surface area contributed by atoms with Crippen LogP contribution in [0.5, 0.6) is 0 Å². The average molecular weight is 471 g/mol. The van der Waals surface area contributed by atoms with Crippen molar-refractivity contribution in [3.63, 3.8) is 0 Å². The highest BCUT2D eigenvalue weighted by molar-refractivity contribution is 6.12. The van der Waals surface area contributed by atoms with Gasteiger partial charge in [0.1, 0.15) is 11.2 Å². The van der Waals surface area contributed by atoms with Crippen molar-refractivity contribution in [3.05, 3.63) is 47.3 Å². The third kappa shape index (κ3) is 5.30. The first-order valence-electron chi connectivity index (χ1n) is 11.8. The summed E-state index contributed by atoms with van der Waals surface area (Å²) >= 11 is 0. The van der Waals surface area contributed by atoms with Crippen LogP contribution in [-0.2, 0) is 27.2 Å². The molecule has 1 atom stereocenters. The lowest BCUT2D eigenvalue weighted by atomic mass is 9.93. The lowest BCUT2D eigenvalue weighted by Gasteiger charge is -2.43. The number of nitrogens with zero attached hydrogens (tertiary/aromatic N) is 3. The molecule has 0 fully saturated rings. The normalized spacial score (nSPS) is 17.6. The first-order chi connectivity index (χ1) is 16.2. The zero-order valence-electron chi connectivity index (χ0n) is 20.6. The van der Waals surface area contributed by atoms with E-state index >= 15 is 0 Å². The Morgan fingerprint density at radius 2 is 2.00 bits per heavy atom. The quantitative estimate of drug-likeness (QED) is 0.423. The summed E-state index contributed by atoms with van der Waals surface area (Å²) in [6, 6.07) is 9.01. The van der Waals surface area contributed by atoms with E-state index in [2.05, 4.69) is 10.4 Å². The lowest BCUT2D eigenvalue weighted by molar-refractivity contribution is -0.126. The Kier molecular flexibility index (Phi) is 8.09. The summed E-state index contributed by atoms with van der Waals surface area (Å²) in [6.45, 7) is 10.6. The van der Waals surface area contributed by atoms with E-state index in [1.807, 2.05) is 45.0 Å². The van der Waals surface area contributed by atoms with E-state index in [0.29, 0.717) is 25.3 Å². The van der Waals surface area contributed by atoms with Gasteiger partial charge >= 0.3 is 5.97 Å². The maximum atomic E-state index is 13.7. The van der Waals surface area contributed by atoms with Crippen molar-refractivity contribution in [3.8, 4) is 0 Å². The number of benzene rings is 1. The minimum absolute atomic E-state index is 0.0444. The number of aryl methyl sites for hydroxylation is 1. The van der Waals surface area contributed by atoms with Crippen LogP contribution in [0.3, 0.4) is 0 Å². The van der Waals surface area contributed by atoms with Crippen LogP contribution in [0, 0.1) is 0 Å². The Morgan fingerprint density at radius 3 is 2.68 bits per heavy atom. The number of amides is 2. The fraction of sp³-hybridized carbons (Fsp3) is 0.520. The monoisotopic (exact) mass is 470 g/mol. The lowest BCUT2D eigenvalue weighted by Crippen LogP contribution is -2.64. The van der Waals surface area contributed by atoms with Crippen LogP contribution in [-0.4, -0.2) is 59.0 Å². The molecule has 0 aliphatic carbocycles. The molecule has 2 heterocycles. The molecule has 0 saturated heterocycles. The van der Waals surface area contributed by atoms with E-state index < -0.39 is 17.4 Å². The topological polar surface area (TPSA) is 103 Å². The number of carbonyl (C=O) groups is 3. The van der Waals surface area contributed by atoms with Crippen LogP contribution in [0.2, 0.25) is 0 Å². The van der Waals surface area contributed by atoms with Crippen LogP contribution in [0.25, 0.3) is 0 Å². The van der Waals surface area contributed by atoms with Gasteiger partial charge in [-0.3, -0.25) is 19.2 Å². The Bertz CT molecular complexity index is 1050.